The highest BCUT2D eigenvalue weighted by molar-refractivity contribution is 5.90. The van der Waals surface area contributed by atoms with Crippen LogP contribution < -0.4 is 0 Å². The molecule has 2 aliphatic rings. The van der Waals surface area contributed by atoms with E-state index in [9.17, 15) is 4.79 Å². The molecule has 0 heterocycles. The van der Waals surface area contributed by atoms with Gasteiger partial charge < -0.3 is 0 Å². The summed E-state index contributed by atoms with van der Waals surface area (Å²) in [5.41, 5.74) is -0.164. The van der Waals surface area contributed by atoms with Gasteiger partial charge in [-0.3, -0.25) is 9.69 Å². The van der Waals surface area contributed by atoms with E-state index in [-0.39, 0.29) is 5.54 Å². The highest BCUT2D eigenvalue weighted by Crippen LogP contribution is 2.42. The minimum absolute atomic E-state index is 0.164. The molecule has 2 heteroatoms. The van der Waals surface area contributed by atoms with Gasteiger partial charge in [-0.1, -0.05) is 33.6 Å². The Labute approximate surface area is 125 Å². The maximum Gasteiger partial charge on any atom is 0.156 e. The second kappa shape index (κ2) is 6.17. The lowest BCUT2D eigenvalue weighted by molar-refractivity contribution is -0.139. The summed E-state index contributed by atoms with van der Waals surface area (Å²) in [6, 6.07) is 0. The second-order valence-corrected chi connectivity index (χ2v) is 7.96. The van der Waals surface area contributed by atoms with Crippen molar-refractivity contribution >= 4 is 5.78 Å². The number of carbonyl (C=O) groups is 1. The molecule has 0 amide bonds. The van der Waals surface area contributed by atoms with E-state index in [0.717, 1.165) is 31.6 Å². The standard InChI is InChI=1S/C18H33NO/c1-13-7-6-10-18(12-13,19(4)5)17(20)16-9-8-14(2)15(3)11-16/h13-16H,6-12H2,1-5H3. The van der Waals surface area contributed by atoms with Gasteiger partial charge in [-0.25, -0.2) is 0 Å². The van der Waals surface area contributed by atoms with Gasteiger partial charge in [-0.15, -0.1) is 0 Å². The van der Waals surface area contributed by atoms with Gasteiger partial charge in [-0.05, 0) is 64.0 Å². The molecule has 0 bridgehead atoms. The molecule has 0 saturated heterocycles. The summed E-state index contributed by atoms with van der Waals surface area (Å²) >= 11 is 0. The molecule has 116 valence electrons. The Hall–Kier alpha value is -0.370. The number of hydrogen-bond acceptors (Lipinski definition) is 2. The SMILES string of the molecule is CC1CCCC(C(=O)C2CCC(C)C(C)C2)(N(C)C)C1. The quantitative estimate of drug-likeness (QED) is 0.774. The Kier molecular flexibility index (Phi) is 4.94. The monoisotopic (exact) mass is 279 g/mol. The molecule has 0 aromatic carbocycles. The van der Waals surface area contributed by atoms with Crippen molar-refractivity contribution in [3.63, 3.8) is 0 Å². The van der Waals surface area contributed by atoms with Crippen LogP contribution in [0, 0.1) is 23.7 Å². The predicted octanol–water partition coefficient (Wildman–Crippen LogP) is 4.14. The summed E-state index contributed by atoms with van der Waals surface area (Å²) in [6.45, 7) is 6.99. The molecule has 2 fully saturated rings. The number of nitrogens with zero attached hydrogens (tertiary/aromatic N) is 1. The summed E-state index contributed by atoms with van der Waals surface area (Å²) in [5, 5.41) is 0. The number of rotatable bonds is 3. The van der Waals surface area contributed by atoms with Crippen molar-refractivity contribution < 1.29 is 4.79 Å². The fourth-order valence-corrected chi connectivity index (χ4v) is 4.54. The molecule has 0 aromatic heterocycles. The van der Waals surface area contributed by atoms with E-state index in [1.165, 1.54) is 19.3 Å². The average Bonchev–Trinajstić information content (AvgIpc) is 2.40. The van der Waals surface area contributed by atoms with Gasteiger partial charge in [0.25, 0.3) is 0 Å². The summed E-state index contributed by atoms with van der Waals surface area (Å²) in [6.07, 6.45) is 8.11. The van der Waals surface area contributed by atoms with Crippen molar-refractivity contribution in [2.45, 2.75) is 71.3 Å². The fraction of sp³-hybridized carbons (Fsp3) is 0.944. The lowest BCUT2D eigenvalue weighted by Gasteiger charge is -2.46. The van der Waals surface area contributed by atoms with Gasteiger partial charge in [0.1, 0.15) is 0 Å². The van der Waals surface area contributed by atoms with Gasteiger partial charge >= 0.3 is 0 Å². The van der Waals surface area contributed by atoms with Crippen molar-refractivity contribution in [1.82, 2.24) is 4.90 Å². The van der Waals surface area contributed by atoms with Crippen molar-refractivity contribution in [2.75, 3.05) is 14.1 Å². The second-order valence-electron chi connectivity index (χ2n) is 7.96. The molecule has 0 spiro atoms. The van der Waals surface area contributed by atoms with Crippen molar-refractivity contribution in [1.29, 1.82) is 0 Å². The third kappa shape index (κ3) is 2.95. The Morgan fingerprint density at radius 3 is 2.30 bits per heavy atom. The predicted molar refractivity (Wildman–Crippen MR) is 84.7 cm³/mol. The molecule has 0 radical (unpaired) electrons. The zero-order valence-corrected chi connectivity index (χ0v) is 14.1. The molecule has 0 aliphatic heterocycles. The molecular formula is C18H33NO. The van der Waals surface area contributed by atoms with Crippen LogP contribution in [0.25, 0.3) is 0 Å². The summed E-state index contributed by atoms with van der Waals surface area (Å²) in [7, 11) is 4.23. The van der Waals surface area contributed by atoms with E-state index >= 15 is 0 Å². The van der Waals surface area contributed by atoms with Crippen LogP contribution in [0.5, 0.6) is 0 Å². The molecule has 2 saturated carbocycles. The summed E-state index contributed by atoms with van der Waals surface area (Å²) < 4.78 is 0. The lowest BCUT2D eigenvalue weighted by atomic mass is 9.65. The first-order valence-electron chi connectivity index (χ1n) is 8.58. The van der Waals surface area contributed by atoms with Crippen LogP contribution in [0.4, 0.5) is 0 Å². The van der Waals surface area contributed by atoms with Crippen LogP contribution in [0.2, 0.25) is 0 Å². The molecule has 2 aliphatic carbocycles. The van der Waals surface area contributed by atoms with Crippen LogP contribution in [0.15, 0.2) is 0 Å². The topological polar surface area (TPSA) is 20.3 Å². The molecule has 2 rings (SSSR count). The molecule has 5 unspecified atom stereocenters. The van der Waals surface area contributed by atoms with E-state index in [4.69, 9.17) is 0 Å². The van der Waals surface area contributed by atoms with Gasteiger partial charge in [0, 0.05) is 5.92 Å². The number of ketones is 1. The van der Waals surface area contributed by atoms with Crippen LogP contribution in [0.3, 0.4) is 0 Å². The van der Waals surface area contributed by atoms with Gasteiger partial charge in [0.05, 0.1) is 5.54 Å². The Morgan fingerprint density at radius 1 is 1.05 bits per heavy atom. The van der Waals surface area contributed by atoms with Crippen molar-refractivity contribution in [3.8, 4) is 0 Å². The molecule has 5 atom stereocenters. The molecule has 0 aromatic rings. The smallest absolute Gasteiger partial charge is 0.156 e. The van der Waals surface area contributed by atoms with E-state index in [2.05, 4.69) is 39.8 Å². The van der Waals surface area contributed by atoms with Crippen LogP contribution >= 0.6 is 0 Å². The average molecular weight is 279 g/mol. The Balaban J connectivity index is 2.15. The Morgan fingerprint density at radius 2 is 1.75 bits per heavy atom. The minimum atomic E-state index is -0.164. The number of Topliss-reactive ketones (excluding diaryl/α,β-unsaturated/α-hetero) is 1. The number of hydrogen-bond donors (Lipinski definition) is 0. The number of carbonyl (C=O) groups excluding carboxylic acids is 1. The largest absolute Gasteiger partial charge is 0.297 e. The third-order valence-corrected chi connectivity index (χ3v) is 6.26. The minimum Gasteiger partial charge on any atom is -0.297 e. The first kappa shape index (κ1) is 16.0. The van der Waals surface area contributed by atoms with E-state index < -0.39 is 0 Å². The first-order valence-corrected chi connectivity index (χ1v) is 8.58. The zero-order chi connectivity index (χ0) is 14.9. The van der Waals surface area contributed by atoms with Crippen molar-refractivity contribution in [3.05, 3.63) is 0 Å². The molecule has 20 heavy (non-hydrogen) atoms. The molecule has 0 N–H and O–H groups in total. The van der Waals surface area contributed by atoms with E-state index in [1.54, 1.807) is 0 Å². The maximum atomic E-state index is 13.3. The lowest BCUT2D eigenvalue weighted by Crippen LogP contribution is -2.56. The van der Waals surface area contributed by atoms with Gasteiger partial charge in [0.15, 0.2) is 5.78 Å². The first-order chi connectivity index (χ1) is 9.36. The molecule has 2 nitrogen and oxygen atoms in total. The highest BCUT2D eigenvalue weighted by atomic mass is 16.1. The van der Waals surface area contributed by atoms with Crippen LogP contribution in [-0.4, -0.2) is 30.3 Å². The Bertz CT molecular complexity index is 351. The fourth-order valence-electron chi connectivity index (χ4n) is 4.54. The number of likely N-dealkylation sites (N-methyl/N-ethyl adjacent to an activating group) is 1. The molecular weight excluding hydrogens is 246 g/mol. The normalized spacial score (nSPS) is 42.7. The van der Waals surface area contributed by atoms with Crippen LogP contribution in [0.1, 0.15) is 65.7 Å². The van der Waals surface area contributed by atoms with E-state index in [0.29, 0.717) is 23.5 Å². The summed E-state index contributed by atoms with van der Waals surface area (Å²) in [5.74, 6) is 3.06. The maximum absolute atomic E-state index is 13.3. The van der Waals surface area contributed by atoms with Gasteiger partial charge in [0.2, 0.25) is 0 Å². The van der Waals surface area contributed by atoms with Crippen LogP contribution in [-0.2, 0) is 4.79 Å². The van der Waals surface area contributed by atoms with E-state index in [1.807, 2.05) is 0 Å². The summed E-state index contributed by atoms with van der Waals surface area (Å²) in [4.78, 5) is 15.5. The third-order valence-electron chi connectivity index (χ3n) is 6.26. The van der Waals surface area contributed by atoms with Crippen molar-refractivity contribution in [2.24, 2.45) is 23.7 Å². The zero-order valence-electron chi connectivity index (χ0n) is 14.1. The van der Waals surface area contributed by atoms with Gasteiger partial charge in [-0.2, -0.15) is 0 Å². The highest BCUT2D eigenvalue weighted by Gasteiger charge is 2.46.